The molecule has 0 atom stereocenters. The zero-order chi connectivity index (χ0) is 11.6. The van der Waals surface area contributed by atoms with Crippen LogP contribution in [0.1, 0.15) is 27.2 Å². The van der Waals surface area contributed by atoms with Gasteiger partial charge in [-0.1, -0.05) is 13.8 Å². The van der Waals surface area contributed by atoms with Gasteiger partial charge in [0.05, 0.1) is 0 Å². The molecule has 0 unspecified atom stereocenters. The Morgan fingerprint density at radius 2 is 1.79 bits per heavy atom. The highest BCUT2D eigenvalue weighted by Gasteiger charge is 2.07. The second-order valence-electron chi connectivity index (χ2n) is 2.41. The van der Waals surface area contributed by atoms with Crippen LogP contribution in [-0.2, 0) is 9.47 Å². The van der Waals surface area contributed by atoms with Crippen LogP contribution < -0.4 is 5.73 Å². The maximum atomic E-state index is 8.45. The topological polar surface area (TPSA) is 68.3 Å². The molecule has 0 aliphatic rings. The van der Waals surface area contributed by atoms with E-state index in [1.165, 1.54) is 0 Å². The molecule has 0 aliphatic heterocycles. The zero-order valence-corrected chi connectivity index (χ0v) is 9.63. The van der Waals surface area contributed by atoms with Crippen LogP contribution in [0.3, 0.4) is 0 Å². The maximum absolute atomic E-state index is 8.45. The van der Waals surface area contributed by atoms with Crippen molar-refractivity contribution in [2.45, 2.75) is 33.5 Å². The third-order valence-electron chi connectivity index (χ3n) is 1.58. The first-order valence-electron chi connectivity index (χ1n) is 4.56. The number of hydrogen-bond acceptors (Lipinski definition) is 4. The van der Waals surface area contributed by atoms with Gasteiger partial charge in [0.1, 0.15) is 11.8 Å². The third-order valence-corrected chi connectivity index (χ3v) is 1.58. The van der Waals surface area contributed by atoms with Gasteiger partial charge in [-0.3, -0.25) is 0 Å². The van der Waals surface area contributed by atoms with Crippen molar-refractivity contribution in [2.24, 2.45) is 5.73 Å². The lowest BCUT2D eigenvalue weighted by Crippen LogP contribution is -2.14. The summed E-state index contributed by atoms with van der Waals surface area (Å²) in [7, 11) is 3.09. The van der Waals surface area contributed by atoms with E-state index >= 15 is 0 Å². The molecule has 0 bridgehead atoms. The first-order chi connectivity index (χ1) is 6.65. The fourth-order valence-corrected chi connectivity index (χ4v) is 0.718. The molecule has 4 nitrogen and oxygen atoms in total. The predicted octanol–water partition coefficient (Wildman–Crippen LogP) is 1.78. The van der Waals surface area contributed by atoms with Crippen molar-refractivity contribution in [1.29, 1.82) is 5.26 Å². The summed E-state index contributed by atoms with van der Waals surface area (Å²) in [6.07, 6.45) is 0.198. The van der Waals surface area contributed by atoms with Gasteiger partial charge < -0.3 is 15.2 Å². The number of ether oxygens (including phenoxy) is 2. The normalized spacial score (nSPS) is 11.2. The van der Waals surface area contributed by atoms with Crippen LogP contribution in [0.5, 0.6) is 0 Å². The summed E-state index contributed by atoms with van der Waals surface area (Å²) in [4.78, 5) is 0. The molecule has 0 fully saturated rings. The Bertz CT molecular complexity index is 203. The van der Waals surface area contributed by atoms with Crippen LogP contribution in [-0.4, -0.2) is 20.5 Å². The average molecular weight is 200 g/mol. The Morgan fingerprint density at radius 3 is 2.07 bits per heavy atom. The second-order valence-corrected chi connectivity index (χ2v) is 2.41. The van der Waals surface area contributed by atoms with Crippen molar-refractivity contribution in [2.75, 3.05) is 14.2 Å². The number of hydrogen-bond donors (Lipinski definition) is 1. The zero-order valence-electron chi connectivity index (χ0n) is 9.63. The van der Waals surface area contributed by atoms with E-state index in [0.29, 0.717) is 6.42 Å². The molecule has 0 aromatic carbocycles. The molecule has 0 aromatic rings. The minimum atomic E-state index is -0.322. The summed E-state index contributed by atoms with van der Waals surface area (Å²) in [6.45, 7) is 5.78. The fourth-order valence-electron chi connectivity index (χ4n) is 0.718. The molecular formula is C10H20N2O2. The van der Waals surface area contributed by atoms with Crippen molar-refractivity contribution in [3.8, 4) is 6.07 Å². The molecule has 82 valence electrons. The van der Waals surface area contributed by atoms with Crippen molar-refractivity contribution in [3.05, 3.63) is 11.3 Å². The number of allylic oxidation sites excluding steroid dienone is 1. The molecule has 2 N–H and O–H groups in total. The van der Waals surface area contributed by atoms with E-state index in [1.54, 1.807) is 21.1 Å². The van der Waals surface area contributed by atoms with Gasteiger partial charge in [0.25, 0.3) is 0 Å². The lowest BCUT2D eigenvalue weighted by molar-refractivity contribution is -0.100. The van der Waals surface area contributed by atoms with Crippen molar-refractivity contribution in [3.63, 3.8) is 0 Å². The molecule has 0 aliphatic carbocycles. The smallest absolute Gasteiger partial charge is 0.160 e. The van der Waals surface area contributed by atoms with Gasteiger partial charge in [0, 0.05) is 20.6 Å². The Kier molecular flexibility index (Phi) is 11.1. The van der Waals surface area contributed by atoms with E-state index in [4.69, 9.17) is 20.5 Å². The van der Waals surface area contributed by atoms with Crippen LogP contribution in [0.2, 0.25) is 0 Å². The fraction of sp³-hybridized carbons (Fsp3) is 0.700. The molecule has 0 rings (SSSR count). The second kappa shape index (κ2) is 10.0. The van der Waals surface area contributed by atoms with E-state index in [1.807, 2.05) is 19.9 Å². The summed E-state index contributed by atoms with van der Waals surface area (Å²) in [6, 6.07) is 1.86. The number of nitrogens with two attached hydrogens (primary N) is 1. The molecule has 0 saturated carbocycles. The van der Waals surface area contributed by atoms with E-state index < -0.39 is 0 Å². The van der Waals surface area contributed by atoms with Crippen LogP contribution in [0.15, 0.2) is 11.3 Å². The van der Waals surface area contributed by atoms with Gasteiger partial charge in [0.15, 0.2) is 6.29 Å². The molecule has 0 heterocycles. The Balaban J connectivity index is 0. The summed E-state index contributed by atoms with van der Waals surface area (Å²) < 4.78 is 9.89. The van der Waals surface area contributed by atoms with Crippen molar-refractivity contribution >= 4 is 0 Å². The van der Waals surface area contributed by atoms with E-state index in [9.17, 15) is 0 Å². The first kappa shape index (κ1) is 15.4. The van der Waals surface area contributed by atoms with Gasteiger partial charge >= 0.3 is 0 Å². The Hall–Kier alpha value is -1.05. The monoisotopic (exact) mass is 200 g/mol. The van der Waals surface area contributed by atoms with Crippen LogP contribution >= 0.6 is 0 Å². The molecule has 14 heavy (non-hydrogen) atoms. The van der Waals surface area contributed by atoms with Crippen LogP contribution in [0.25, 0.3) is 0 Å². The molecule has 0 amide bonds. The average Bonchev–Trinajstić information content (AvgIpc) is 2.26. The number of methoxy groups -OCH3 is 2. The largest absolute Gasteiger partial charge is 0.390 e. The van der Waals surface area contributed by atoms with Crippen LogP contribution in [0.4, 0.5) is 0 Å². The van der Waals surface area contributed by atoms with Gasteiger partial charge in [-0.15, -0.1) is 0 Å². The lowest BCUT2D eigenvalue weighted by atomic mass is 10.2. The third kappa shape index (κ3) is 6.46. The summed E-state index contributed by atoms with van der Waals surface area (Å²) in [5, 5.41) is 8.45. The summed E-state index contributed by atoms with van der Waals surface area (Å²) in [5.74, 6) is 0. The van der Waals surface area contributed by atoms with Gasteiger partial charge in [-0.05, 0) is 12.5 Å². The highest BCUT2D eigenvalue weighted by atomic mass is 16.7. The standard InChI is InChI=1S/C8H14N2O2.C2H6/c1-6(7(10)5-9)4-8(11-2)12-3;1-2/h8H,4,10H2,1-3H3;1-2H3/b7-6-;. The van der Waals surface area contributed by atoms with Gasteiger partial charge in [0.2, 0.25) is 0 Å². The van der Waals surface area contributed by atoms with E-state index in [-0.39, 0.29) is 12.0 Å². The van der Waals surface area contributed by atoms with Crippen molar-refractivity contribution < 1.29 is 9.47 Å². The van der Waals surface area contributed by atoms with Gasteiger partial charge in [-0.2, -0.15) is 5.26 Å². The highest BCUT2D eigenvalue weighted by Crippen LogP contribution is 2.09. The number of rotatable bonds is 4. The molecule has 0 saturated heterocycles. The SMILES string of the molecule is CC.COC(C/C(C)=C(\N)C#N)OC. The number of nitriles is 1. The molecular weight excluding hydrogens is 180 g/mol. The summed E-state index contributed by atoms with van der Waals surface area (Å²) >= 11 is 0. The summed E-state index contributed by atoms with van der Waals surface area (Å²) in [5.41, 5.74) is 6.40. The van der Waals surface area contributed by atoms with Gasteiger partial charge in [-0.25, -0.2) is 0 Å². The Morgan fingerprint density at radius 1 is 1.36 bits per heavy atom. The minimum absolute atomic E-state index is 0.231. The lowest BCUT2D eigenvalue weighted by Gasteiger charge is -2.13. The predicted molar refractivity (Wildman–Crippen MR) is 56.3 cm³/mol. The molecule has 0 aromatic heterocycles. The van der Waals surface area contributed by atoms with Crippen molar-refractivity contribution in [1.82, 2.24) is 0 Å². The maximum Gasteiger partial charge on any atom is 0.160 e. The quantitative estimate of drug-likeness (QED) is 0.554. The molecule has 0 radical (unpaired) electrons. The minimum Gasteiger partial charge on any atom is -0.390 e. The van der Waals surface area contributed by atoms with Crippen LogP contribution in [0, 0.1) is 11.3 Å². The first-order valence-corrected chi connectivity index (χ1v) is 4.56. The highest BCUT2D eigenvalue weighted by molar-refractivity contribution is 5.22. The van der Waals surface area contributed by atoms with E-state index in [0.717, 1.165) is 5.57 Å². The molecule has 4 heteroatoms. The molecule has 0 spiro atoms. The number of nitrogens with zero attached hydrogens (tertiary/aromatic N) is 1. The van der Waals surface area contributed by atoms with E-state index in [2.05, 4.69) is 0 Å². The Labute approximate surface area is 86.3 Å².